The molecule has 0 N–H and O–H groups in total. The van der Waals surface area contributed by atoms with Crippen molar-refractivity contribution in [3.63, 3.8) is 0 Å². The molecule has 108 valence electrons. The second-order valence-electron chi connectivity index (χ2n) is 5.24. The highest BCUT2D eigenvalue weighted by molar-refractivity contribution is 6.16. The summed E-state index contributed by atoms with van der Waals surface area (Å²) < 4.78 is 4.66. The van der Waals surface area contributed by atoms with Crippen molar-refractivity contribution < 1.29 is 19.1 Å². The Bertz CT molecular complexity index is 556. The minimum atomic E-state index is -1.31. The number of hydrogen-bond donors (Lipinski definition) is 0. The molecular formula is C16H20O4. The van der Waals surface area contributed by atoms with Crippen LogP contribution in [0.15, 0.2) is 18.2 Å². The summed E-state index contributed by atoms with van der Waals surface area (Å²) in [5, 5.41) is 0. The summed E-state index contributed by atoms with van der Waals surface area (Å²) in [4.78, 5) is 36.0. The topological polar surface area (TPSA) is 60.4 Å². The number of ether oxygens (including phenoxy) is 1. The molecule has 0 unspecified atom stereocenters. The Kier molecular flexibility index (Phi) is 4.82. The van der Waals surface area contributed by atoms with E-state index in [1.54, 1.807) is 18.2 Å². The maximum absolute atomic E-state index is 12.5. The number of benzene rings is 1. The van der Waals surface area contributed by atoms with Crippen molar-refractivity contribution in [2.24, 2.45) is 5.41 Å². The van der Waals surface area contributed by atoms with Crippen LogP contribution in [-0.2, 0) is 16.0 Å². The minimum Gasteiger partial charge on any atom is -0.468 e. The summed E-state index contributed by atoms with van der Waals surface area (Å²) >= 11 is 0. The molecule has 0 aliphatic heterocycles. The normalized spacial score (nSPS) is 11.1. The third kappa shape index (κ3) is 2.95. The molecule has 0 fully saturated rings. The molecule has 0 spiro atoms. The zero-order chi connectivity index (χ0) is 15.5. The molecule has 0 radical (unpaired) electrons. The first-order valence-electron chi connectivity index (χ1n) is 6.52. The lowest BCUT2D eigenvalue weighted by Crippen LogP contribution is -2.35. The van der Waals surface area contributed by atoms with Crippen LogP contribution in [0.3, 0.4) is 0 Å². The van der Waals surface area contributed by atoms with Gasteiger partial charge in [-0.1, -0.05) is 19.1 Å². The number of hydrogen-bond acceptors (Lipinski definition) is 4. The molecular weight excluding hydrogens is 256 g/mol. The molecule has 0 aliphatic carbocycles. The van der Waals surface area contributed by atoms with Crippen LogP contribution in [0.25, 0.3) is 0 Å². The molecule has 0 amide bonds. The maximum Gasteiger partial charge on any atom is 0.319 e. The Morgan fingerprint density at radius 2 is 1.75 bits per heavy atom. The van der Waals surface area contributed by atoms with E-state index in [1.165, 1.54) is 27.9 Å². The number of Topliss-reactive ketones (excluding diaryl/α,β-unsaturated/α-hetero) is 2. The number of carbonyl (C=O) groups is 3. The molecule has 0 bridgehead atoms. The van der Waals surface area contributed by atoms with Gasteiger partial charge in [-0.2, -0.15) is 0 Å². The average molecular weight is 276 g/mol. The van der Waals surface area contributed by atoms with Gasteiger partial charge in [-0.3, -0.25) is 14.4 Å². The van der Waals surface area contributed by atoms with Gasteiger partial charge in [0, 0.05) is 11.1 Å². The summed E-state index contributed by atoms with van der Waals surface area (Å²) in [6.45, 7) is 6.38. The molecule has 0 atom stereocenters. The lowest BCUT2D eigenvalue weighted by Gasteiger charge is -2.21. The van der Waals surface area contributed by atoms with E-state index in [9.17, 15) is 14.4 Å². The average Bonchev–Trinajstić information content (AvgIpc) is 2.44. The van der Waals surface area contributed by atoms with Crippen LogP contribution in [0.1, 0.15) is 54.0 Å². The fourth-order valence-corrected chi connectivity index (χ4v) is 1.99. The summed E-state index contributed by atoms with van der Waals surface area (Å²) in [6.07, 6.45) is 0.773. The highest BCUT2D eigenvalue weighted by atomic mass is 16.5. The Morgan fingerprint density at radius 1 is 1.15 bits per heavy atom. The first kappa shape index (κ1) is 16.1. The van der Waals surface area contributed by atoms with Gasteiger partial charge in [0.1, 0.15) is 5.41 Å². The minimum absolute atomic E-state index is 0.190. The number of esters is 1. The van der Waals surface area contributed by atoms with Crippen molar-refractivity contribution >= 4 is 17.5 Å². The second kappa shape index (κ2) is 5.99. The SMILES string of the molecule is CCc1ccc(C(=O)C(C)(C)C(=O)OC)c(C(C)=O)c1. The number of rotatable bonds is 5. The molecule has 1 rings (SSSR count). The van der Waals surface area contributed by atoms with E-state index < -0.39 is 17.2 Å². The van der Waals surface area contributed by atoms with Crippen LogP contribution >= 0.6 is 0 Å². The van der Waals surface area contributed by atoms with E-state index >= 15 is 0 Å². The van der Waals surface area contributed by atoms with E-state index in [0.29, 0.717) is 5.56 Å². The smallest absolute Gasteiger partial charge is 0.319 e. The van der Waals surface area contributed by atoms with Crippen molar-refractivity contribution in [2.75, 3.05) is 7.11 Å². The maximum atomic E-state index is 12.5. The molecule has 4 nitrogen and oxygen atoms in total. The van der Waals surface area contributed by atoms with Gasteiger partial charge >= 0.3 is 5.97 Å². The molecule has 4 heteroatoms. The highest BCUT2D eigenvalue weighted by Crippen LogP contribution is 2.26. The van der Waals surface area contributed by atoms with Crippen LogP contribution < -0.4 is 0 Å². The van der Waals surface area contributed by atoms with Gasteiger partial charge in [-0.25, -0.2) is 0 Å². The van der Waals surface area contributed by atoms with E-state index in [-0.39, 0.29) is 11.3 Å². The van der Waals surface area contributed by atoms with Gasteiger partial charge in [0.25, 0.3) is 0 Å². The number of aryl methyl sites for hydroxylation is 1. The summed E-state index contributed by atoms with van der Waals surface area (Å²) in [7, 11) is 1.24. The fourth-order valence-electron chi connectivity index (χ4n) is 1.99. The molecule has 0 heterocycles. The molecule has 0 aromatic heterocycles. The van der Waals surface area contributed by atoms with Gasteiger partial charge in [-0.15, -0.1) is 0 Å². The van der Waals surface area contributed by atoms with Crippen LogP contribution in [0, 0.1) is 5.41 Å². The summed E-state index contributed by atoms with van der Waals surface area (Å²) in [5.74, 6) is -1.21. The van der Waals surface area contributed by atoms with Crippen molar-refractivity contribution in [3.8, 4) is 0 Å². The van der Waals surface area contributed by atoms with Gasteiger partial charge in [0.15, 0.2) is 11.6 Å². The Labute approximate surface area is 119 Å². The Hall–Kier alpha value is -1.97. The zero-order valence-corrected chi connectivity index (χ0v) is 12.6. The van der Waals surface area contributed by atoms with Crippen LogP contribution in [0.5, 0.6) is 0 Å². The predicted octanol–water partition coefficient (Wildman–Crippen LogP) is 2.83. The van der Waals surface area contributed by atoms with Gasteiger partial charge in [0.05, 0.1) is 7.11 Å². The third-order valence-electron chi connectivity index (χ3n) is 3.38. The molecule has 20 heavy (non-hydrogen) atoms. The zero-order valence-electron chi connectivity index (χ0n) is 12.6. The van der Waals surface area contributed by atoms with E-state index in [0.717, 1.165) is 12.0 Å². The first-order valence-corrected chi connectivity index (χ1v) is 6.52. The van der Waals surface area contributed by atoms with E-state index in [2.05, 4.69) is 4.74 Å². The van der Waals surface area contributed by atoms with Crippen molar-refractivity contribution in [1.29, 1.82) is 0 Å². The monoisotopic (exact) mass is 276 g/mol. The quantitative estimate of drug-likeness (QED) is 0.471. The van der Waals surface area contributed by atoms with E-state index in [4.69, 9.17) is 0 Å². The first-order chi connectivity index (χ1) is 9.25. The molecule has 1 aromatic rings. The lowest BCUT2D eigenvalue weighted by molar-refractivity contribution is -0.147. The van der Waals surface area contributed by atoms with Crippen molar-refractivity contribution in [3.05, 3.63) is 34.9 Å². The van der Waals surface area contributed by atoms with Crippen LogP contribution in [0.2, 0.25) is 0 Å². The molecule has 0 aliphatic rings. The highest BCUT2D eigenvalue weighted by Gasteiger charge is 2.39. The Morgan fingerprint density at radius 3 is 2.20 bits per heavy atom. The van der Waals surface area contributed by atoms with Gasteiger partial charge in [-0.05, 0) is 38.8 Å². The van der Waals surface area contributed by atoms with Gasteiger partial charge in [0.2, 0.25) is 0 Å². The predicted molar refractivity (Wildman–Crippen MR) is 76.0 cm³/mol. The number of carbonyl (C=O) groups excluding carboxylic acids is 3. The van der Waals surface area contributed by atoms with Crippen LogP contribution in [0.4, 0.5) is 0 Å². The van der Waals surface area contributed by atoms with Gasteiger partial charge < -0.3 is 4.74 Å². The molecule has 1 aromatic carbocycles. The largest absolute Gasteiger partial charge is 0.468 e. The molecule has 0 saturated carbocycles. The third-order valence-corrected chi connectivity index (χ3v) is 3.38. The van der Waals surface area contributed by atoms with E-state index in [1.807, 2.05) is 6.92 Å². The summed E-state index contributed by atoms with van der Waals surface area (Å²) in [6, 6.07) is 5.12. The van der Waals surface area contributed by atoms with Crippen LogP contribution in [-0.4, -0.2) is 24.6 Å². The Balaban J connectivity index is 3.36. The fraction of sp³-hybridized carbons (Fsp3) is 0.438. The van der Waals surface area contributed by atoms with Crippen molar-refractivity contribution in [1.82, 2.24) is 0 Å². The second-order valence-corrected chi connectivity index (χ2v) is 5.24. The lowest BCUT2D eigenvalue weighted by atomic mass is 9.81. The number of methoxy groups -OCH3 is 1. The van der Waals surface area contributed by atoms with Crippen molar-refractivity contribution in [2.45, 2.75) is 34.1 Å². The molecule has 0 saturated heterocycles. The number of ketones is 2. The summed E-state index contributed by atoms with van der Waals surface area (Å²) in [5.41, 5.74) is 0.284. The standard InChI is InChI=1S/C16H20O4/c1-6-11-7-8-12(13(9-11)10(2)17)14(18)16(3,4)15(19)20-5/h7-9H,6H2,1-5H3.